The summed E-state index contributed by atoms with van der Waals surface area (Å²) in [4.78, 5) is 0. The summed E-state index contributed by atoms with van der Waals surface area (Å²) in [6, 6.07) is 27.1. The minimum atomic E-state index is 0.258. The summed E-state index contributed by atoms with van der Waals surface area (Å²) in [6.07, 6.45) is 0. The zero-order valence-corrected chi connectivity index (χ0v) is 27.9. The zero-order valence-electron chi connectivity index (χ0n) is 21.5. The molecule has 0 aliphatic carbocycles. The third kappa shape index (κ3) is 7.41. The molecule has 204 valence electrons. The molecule has 0 saturated carbocycles. The van der Waals surface area contributed by atoms with Crippen molar-refractivity contribution < 1.29 is 19.7 Å². The van der Waals surface area contributed by atoms with Crippen LogP contribution in [0.2, 0.25) is 0 Å². The van der Waals surface area contributed by atoms with Crippen molar-refractivity contribution in [1.82, 2.24) is 0 Å². The van der Waals surface area contributed by atoms with Crippen LogP contribution in [0.5, 0.6) is 23.0 Å². The molecule has 10 heteroatoms. The molecule has 2 heterocycles. The molecular formula is C30H24BBr3O4S2. The topological polar surface area (TPSA) is 58.9 Å². The SMILES string of the molecule is BrB(Br)Br.COc1ccc(-c2ccc(OC)c3sccc23)cc1.Oc1ccc(-c2ccc(O)c3sccc23)cc1. The van der Waals surface area contributed by atoms with Crippen LogP contribution in [-0.4, -0.2) is 27.6 Å². The number of thiophene rings is 2. The highest BCUT2D eigenvalue weighted by Gasteiger charge is 2.10. The van der Waals surface area contributed by atoms with Crippen molar-refractivity contribution in [3.8, 4) is 45.3 Å². The smallest absolute Gasteiger partial charge is 0.369 e. The number of fused-ring (bicyclic) bond motifs is 2. The van der Waals surface area contributed by atoms with Gasteiger partial charge in [0, 0.05) is 10.8 Å². The highest BCUT2D eigenvalue weighted by molar-refractivity contribution is 9.69. The molecule has 2 N–H and O–H groups in total. The Morgan fingerprint density at radius 3 is 1.65 bits per heavy atom. The summed E-state index contributed by atoms with van der Waals surface area (Å²) in [7, 11) is 3.39. The lowest BCUT2D eigenvalue weighted by atomic mass is 10.0. The van der Waals surface area contributed by atoms with Crippen LogP contribution in [0.4, 0.5) is 0 Å². The quantitative estimate of drug-likeness (QED) is 0.176. The highest BCUT2D eigenvalue weighted by Crippen LogP contribution is 2.39. The van der Waals surface area contributed by atoms with Crippen molar-refractivity contribution in [2.75, 3.05) is 14.2 Å². The van der Waals surface area contributed by atoms with E-state index in [1.807, 2.05) is 47.8 Å². The Bertz CT molecular complexity index is 1680. The average molecular weight is 763 g/mol. The van der Waals surface area contributed by atoms with Gasteiger partial charge < -0.3 is 19.7 Å². The molecule has 2 aromatic heterocycles. The number of halogens is 3. The van der Waals surface area contributed by atoms with Gasteiger partial charge in [-0.2, -0.15) is 0 Å². The van der Waals surface area contributed by atoms with Gasteiger partial charge in [-0.1, -0.05) is 24.3 Å². The number of aromatic hydroxyl groups is 2. The minimum absolute atomic E-state index is 0.258. The van der Waals surface area contributed by atoms with Crippen LogP contribution in [-0.2, 0) is 0 Å². The van der Waals surface area contributed by atoms with Gasteiger partial charge >= 0.3 is 3.18 Å². The summed E-state index contributed by atoms with van der Waals surface area (Å²) in [5, 5.41) is 25.4. The fourth-order valence-electron chi connectivity index (χ4n) is 4.16. The van der Waals surface area contributed by atoms with Crippen molar-refractivity contribution in [2.45, 2.75) is 0 Å². The lowest BCUT2D eigenvalue weighted by molar-refractivity contribution is 0.415. The monoisotopic (exact) mass is 760 g/mol. The van der Waals surface area contributed by atoms with Crippen LogP contribution in [0.15, 0.2) is 95.7 Å². The predicted molar refractivity (Wildman–Crippen MR) is 183 cm³/mol. The zero-order chi connectivity index (χ0) is 28.6. The number of benzene rings is 4. The summed E-state index contributed by atoms with van der Waals surface area (Å²) < 4.78 is 13.0. The van der Waals surface area contributed by atoms with Crippen LogP contribution in [0.1, 0.15) is 0 Å². The first-order valence-electron chi connectivity index (χ1n) is 11.9. The molecule has 0 atom stereocenters. The van der Waals surface area contributed by atoms with E-state index < -0.39 is 0 Å². The second-order valence-electron chi connectivity index (χ2n) is 8.30. The molecule has 0 saturated heterocycles. The summed E-state index contributed by atoms with van der Waals surface area (Å²) in [5.74, 6) is 2.38. The molecule has 0 fully saturated rings. The maximum absolute atomic E-state index is 9.75. The fourth-order valence-corrected chi connectivity index (χ4v) is 5.91. The van der Waals surface area contributed by atoms with Gasteiger partial charge in [0.25, 0.3) is 0 Å². The Hall–Kier alpha value is -2.50. The average Bonchev–Trinajstić information content (AvgIpc) is 3.65. The van der Waals surface area contributed by atoms with Gasteiger partial charge in [-0.05, 0) is 93.7 Å². The van der Waals surface area contributed by atoms with E-state index in [1.54, 1.807) is 43.8 Å². The maximum atomic E-state index is 9.75. The minimum Gasteiger partial charge on any atom is -0.508 e. The Labute approximate surface area is 266 Å². The Morgan fingerprint density at radius 1 is 0.600 bits per heavy atom. The molecule has 6 rings (SSSR count). The van der Waals surface area contributed by atoms with E-state index in [1.165, 1.54) is 32.5 Å². The first-order valence-corrected chi connectivity index (χ1v) is 16.4. The van der Waals surface area contributed by atoms with Crippen LogP contribution in [0.3, 0.4) is 0 Å². The summed E-state index contributed by atoms with van der Waals surface area (Å²) in [6.45, 7) is 0. The molecular weight excluding hydrogens is 739 g/mol. The molecule has 0 radical (unpaired) electrons. The van der Waals surface area contributed by atoms with E-state index in [4.69, 9.17) is 9.47 Å². The summed E-state index contributed by atoms with van der Waals surface area (Å²) in [5.41, 5.74) is 4.51. The van der Waals surface area contributed by atoms with Crippen LogP contribution >= 0.6 is 69.9 Å². The van der Waals surface area contributed by atoms with Crippen molar-refractivity contribution in [3.05, 3.63) is 95.7 Å². The second-order valence-corrected chi connectivity index (χ2v) is 16.6. The number of phenolic OH excluding ortho intramolecular Hbond substituents is 2. The van der Waals surface area contributed by atoms with Gasteiger partial charge in [-0.25, -0.2) is 0 Å². The Balaban J connectivity index is 0.000000164. The third-order valence-corrected chi connectivity index (χ3v) is 7.84. The molecule has 40 heavy (non-hydrogen) atoms. The van der Waals surface area contributed by atoms with Crippen molar-refractivity contribution in [1.29, 1.82) is 0 Å². The number of phenols is 2. The third-order valence-electron chi connectivity index (χ3n) is 5.98. The molecule has 0 unspecified atom stereocenters. The van der Waals surface area contributed by atoms with Crippen LogP contribution in [0, 0.1) is 0 Å². The lowest BCUT2D eigenvalue weighted by Gasteiger charge is -2.08. The second kappa shape index (κ2) is 14.4. The van der Waals surface area contributed by atoms with E-state index in [2.05, 4.69) is 76.9 Å². The van der Waals surface area contributed by atoms with Gasteiger partial charge in [0.2, 0.25) is 0 Å². The largest absolute Gasteiger partial charge is 0.508 e. The number of methoxy groups -OCH3 is 2. The normalized spacial score (nSPS) is 10.3. The van der Waals surface area contributed by atoms with Gasteiger partial charge in [0.05, 0.1) is 23.6 Å². The Kier molecular flexibility index (Phi) is 11.0. The number of hydrogen-bond donors (Lipinski definition) is 2. The molecule has 0 aliphatic heterocycles. The standard InChI is InChI=1S/C16H14O2S.C14H10O2S.BBr3/c1-17-12-5-3-11(4-6-12)13-7-8-15(18-2)16-14(13)9-10-19-16;15-10-3-1-9(2-4-10)11-5-6-13(16)14-12(11)7-8-17-14;2-1(3)4/h3-10H,1-2H3;1-8,15-16H;. The van der Waals surface area contributed by atoms with Gasteiger partial charge in [0.15, 0.2) is 0 Å². The molecule has 0 aliphatic rings. The van der Waals surface area contributed by atoms with E-state index in [-0.39, 0.29) is 8.93 Å². The van der Waals surface area contributed by atoms with E-state index >= 15 is 0 Å². The van der Waals surface area contributed by atoms with Crippen LogP contribution in [0.25, 0.3) is 42.4 Å². The molecule has 0 bridgehead atoms. The van der Waals surface area contributed by atoms with Crippen molar-refractivity contribution in [2.24, 2.45) is 0 Å². The van der Waals surface area contributed by atoms with Crippen LogP contribution < -0.4 is 9.47 Å². The first-order chi connectivity index (χ1) is 19.3. The Morgan fingerprint density at radius 2 is 1.10 bits per heavy atom. The fraction of sp³-hybridized carbons (Fsp3) is 0.0667. The number of rotatable bonds is 4. The first kappa shape index (κ1) is 30.5. The van der Waals surface area contributed by atoms with Gasteiger partial charge in [0.1, 0.15) is 23.0 Å². The molecule has 6 aromatic rings. The lowest BCUT2D eigenvalue weighted by Crippen LogP contribution is -1.86. The molecule has 0 spiro atoms. The maximum Gasteiger partial charge on any atom is 0.369 e. The molecule has 4 nitrogen and oxygen atoms in total. The van der Waals surface area contributed by atoms with Gasteiger partial charge in [-0.15, -0.1) is 69.9 Å². The highest BCUT2D eigenvalue weighted by atomic mass is 79.9. The van der Waals surface area contributed by atoms with E-state index in [0.717, 1.165) is 32.7 Å². The number of ether oxygens (including phenoxy) is 2. The number of hydrogen-bond acceptors (Lipinski definition) is 6. The van der Waals surface area contributed by atoms with E-state index in [9.17, 15) is 10.2 Å². The van der Waals surface area contributed by atoms with Crippen molar-refractivity contribution in [3.63, 3.8) is 0 Å². The van der Waals surface area contributed by atoms with Crippen molar-refractivity contribution >= 4 is 93.3 Å². The molecule has 4 aromatic carbocycles. The van der Waals surface area contributed by atoms with E-state index in [0.29, 0.717) is 5.75 Å². The predicted octanol–water partition coefficient (Wildman–Crippen LogP) is 10.7. The summed E-state index contributed by atoms with van der Waals surface area (Å²) >= 11 is 12.5. The van der Waals surface area contributed by atoms with Gasteiger partial charge in [-0.3, -0.25) is 0 Å². The molecule has 0 amide bonds.